The van der Waals surface area contributed by atoms with Gasteiger partial charge < -0.3 is 10.5 Å². The standard InChI is InChI=1S/C16H16ClNO/c17-13-4-1-12(10-18)16(9-13)11-2-5-14(6-3-11)19-15-7-8-15/h1-6,9,15H,7-8,10,18H2. The maximum Gasteiger partial charge on any atom is 0.119 e. The van der Waals surface area contributed by atoms with E-state index in [1.165, 1.54) is 12.8 Å². The number of hydrogen-bond acceptors (Lipinski definition) is 2. The van der Waals surface area contributed by atoms with Gasteiger partial charge in [-0.2, -0.15) is 0 Å². The van der Waals surface area contributed by atoms with Gasteiger partial charge in [0.2, 0.25) is 0 Å². The largest absolute Gasteiger partial charge is 0.490 e. The highest BCUT2D eigenvalue weighted by Crippen LogP contribution is 2.31. The Kier molecular flexibility index (Phi) is 3.45. The number of hydrogen-bond donors (Lipinski definition) is 1. The summed E-state index contributed by atoms with van der Waals surface area (Å²) in [4.78, 5) is 0. The van der Waals surface area contributed by atoms with E-state index in [1.807, 2.05) is 30.3 Å². The highest BCUT2D eigenvalue weighted by atomic mass is 35.5. The zero-order chi connectivity index (χ0) is 13.2. The van der Waals surface area contributed by atoms with Crippen LogP contribution in [-0.4, -0.2) is 6.10 Å². The molecular formula is C16H16ClNO. The summed E-state index contributed by atoms with van der Waals surface area (Å²) in [5.41, 5.74) is 9.08. The maximum absolute atomic E-state index is 6.07. The molecule has 2 N–H and O–H groups in total. The van der Waals surface area contributed by atoms with Crippen molar-refractivity contribution in [2.75, 3.05) is 0 Å². The van der Waals surface area contributed by atoms with Crippen molar-refractivity contribution in [3.63, 3.8) is 0 Å². The summed E-state index contributed by atoms with van der Waals surface area (Å²) < 4.78 is 5.75. The van der Waals surface area contributed by atoms with Gasteiger partial charge in [0.05, 0.1) is 6.10 Å². The summed E-state index contributed by atoms with van der Waals surface area (Å²) in [7, 11) is 0. The zero-order valence-electron chi connectivity index (χ0n) is 10.6. The normalized spacial score (nSPS) is 14.4. The van der Waals surface area contributed by atoms with Gasteiger partial charge in [-0.1, -0.05) is 29.8 Å². The third-order valence-corrected chi connectivity index (χ3v) is 3.52. The van der Waals surface area contributed by atoms with Crippen molar-refractivity contribution in [2.24, 2.45) is 5.73 Å². The molecule has 3 rings (SSSR count). The van der Waals surface area contributed by atoms with Crippen molar-refractivity contribution in [1.29, 1.82) is 0 Å². The highest BCUT2D eigenvalue weighted by Gasteiger charge is 2.23. The Labute approximate surface area is 118 Å². The van der Waals surface area contributed by atoms with Crippen molar-refractivity contribution in [3.05, 3.63) is 53.1 Å². The van der Waals surface area contributed by atoms with Crippen molar-refractivity contribution < 1.29 is 4.74 Å². The van der Waals surface area contributed by atoms with E-state index in [-0.39, 0.29) is 0 Å². The lowest BCUT2D eigenvalue weighted by Crippen LogP contribution is -1.99. The van der Waals surface area contributed by atoms with Crippen LogP contribution >= 0.6 is 11.6 Å². The van der Waals surface area contributed by atoms with Crippen LogP contribution in [0.25, 0.3) is 11.1 Å². The van der Waals surface area contributed by atoms with Crippen LogP contribution in [-0.2, 0) is 6.54 Å². The lowest BCUT2D eigenvalue weighted by molar-refractivity contribution is 0.303. The molecule has 0 spiro atoms. The summed E-state index contributed by atoms with van der Waals surface area (Å²) >= 11 is 6.07. The quantitative estimate of drug-likeness (QED) is 0.914. The maximum atomic E-state index is 6.07. The van der Waals surface area contributed by atoms with Crippen LogP contribution in [0.5, 0.6) is 5.75 Å². The lowest BCUT2D eigenvalue weighted by Gasteiger charge is -2.10. The predicted molar refractivity (Wildman–Crippen MR) is 78.4 cm³/mol. The molecule has 0 amide bonds. The van der Waals surface area contributed by atoms with Crippen LogP contribution < -0.4 is 10.5 Å². The first kappa shape index (κ1) is 12.5. The van der Waals surface area contributed by atoms with Crippen LogP contribution in [0.2, 0.25) is 5.02 Å². The molecule has 1 aliphatic carbocycles. The molecule has 3 heteroatoms. The van der Waals surface area contributed by atoms with Crippen LogP contribution in [0.4, 0.5) is 0 Å². The number of ether oxygens (including phenoxy) is 1. The zero-order valence-corrected chi connectivity index (χ0v) is 11.4. The first-order chi connectivity index (χ1) is 9.26. The van der Waals surface area contributed by atoms with E-state index in [2.05, 4.69) is 12.1 Å². The minimum Gasteiger partial charge on any atom is -0.490 e. The van der Waals surface area contributed by atoms with Gasteiger partial charge in [-0.15, -0.1) is 0 Å². The second-order valence-corrected chi connectivity index (χ2v) is 5.28. The fourth-order valence-electron chi connectivity index (χ4n) is 2.09. The smallest absolute Gasteiger partial charge is 0.119 e. The molecule has 1 aliphatic rings. The molecule has 98 valence electrons. The van der Waals surface area contributed by atoms with Crippen molar-refractivity contribution in [2.45, 2.75) is 25.5 Å². The van der Waals surface area contributed by atoms with Gasteiger partial charge in [-0.3, -0.25) is 0 Å². The SMILES string of the molecule is NCc1ccc(Cl)cc1-c1ccc(OC2CC2)cc1. The van der Waals surface area contributed by atoms with Crippen LogP contribution in [0, 0.1) is 0 Å². The molecule has 0 radical (unpaired) electrons. The van der Waals surface area contributed by atoms with Crippen LogP contribution in [0.1, 0.15) is 18.4 Å². The summed E-state index contributed by atoms with van der Waals surface area (Å²) in [6.07, 6.45) is 2.78. The molecule has 0 unspecified atom stereocenters. The van der Waals surface area contributed by atoms with Crippen molar-refractivity contribution >= 4 is 11.6 Å². The molecule has 1 saturated carbocycles. The van der Waals surface area contributed by atoms with Gasteiger partial charge in [0.1, 0.15) is 5.75 Å². The topological polar surface area (TPSA) is 35.2 Å². The van der Waals surface area contributed by atoms with E-state index in [0.717, 1.165) is 27.5 Å². The molecule has 0 bridgehead atoms. The molecule has 0 aromatic heterocycles. The molecule has 0 saturated heterocycles. The second-order valence-electron chi connectivity index (χ2n) is 4.85. The van der Waals surface area contributed by atoms with Gasteiger partial charge in [-0.05, 0) is 53.8 Å². The first-order valence-electron chi connectivity index (χ1n) is 6.52. The molecule has 2 aromatic rings. The van der Waals surface area contributed by atoms with Gasteiger partial charge in [0, 0.05) is 11.6 Å². The molecule has 0 heterocycles. The van der Waals surface area contributed by atoms with E-state index < -0.39 is 0 Å². The Balaban J connectivity index is 1.90. The van der Waals surface area contributed by atoms with Crippen LogP contribution in [0.3, 0.4) is 0 Å². The third kappa shape index (κ3) is 2.91. The Morgan fingerprint density at radius 2 is 1.84 bits per heavy atom. The Morgan fingerprint density at radius 3 is 2.47 bits per heavy atom. The van der Waals surface area contributed by atoms with E-state index >= 15 is 0 Å². The summed E-state index contributed by atoms with van der Waals surface area (Å²) in [6.45, 7) is 0.507. The number of halogens is 1. The fraction of sp³-hybridized carbons (Fsp3) is 0.250. The average Bonchev–Trinajstić information content (AvgIpc) is 3.23. The molecule has 0 aliphatic heterocycles. The Hall–Kier alpha value is -1.51. The minimum absolute atomic E-state index is 0.427. The van der Waals surface area contributed by atoms with Crippen molar-refractivity contribution in [1.82, 2.24) is 0 Å². The molecule has 0 atom stereocenters. The van der Waals surface area contributed by atoms with E-state index in [0.29, 0.717) is 12.6 Å². The Bertz CT molecular complexity index is 576. The first-order valence-corrected chi connectivity index (χ1v) is 6.89. The third-order valence-electron chi connectivity index (χ3n) is 3.28. The number of rotatable bonds is 4. The van der Waals surface area contributed by atoms with E-state index in [1.54, 1.807) is 0 Å². The minimum atomic E-state index is 0.427. The van der Waals surface area contributed by atoms with Gasteiger partial charge in [0.25, 0.3) is 0 Å². The van der Waals surface area contributed by atoms with Gasteiger partial charge in [0.15, 0.2) is 0 Å². The van der Waals surface area contributed by atoms with E-state index in [4.69, 9.17) is 22.1 Å². The van der Waals surface area contributed by atoms with Gasteiger partial charge >= 0.3 is 0 Å². The van der Waals surface area contributed by atoms with Gasteiger partial charge in [-0.25, -0.2) is 0 Å². The number of nitrogens with two attached hydrogens (primary N) is 1. The lowest BCUT2D eigenvalue weighted by atomic mass is 10.00. The van der Waals surface area contributed by atoms with E-state index in [9.17, 15) is 0 Å². The molecule has 2 aromatic carbocycles. The van der Waals surface area contributed by atoms with Crippen molar-refractivity contribution in [3.8, 4) is 16.9 Å². The summed E-state index contributed by atoms with van der Waals surface area (Å²) in [5.74, 6) is 0.933. The summed E-state index contributed by atoms with van der Waals surface area (Å²) in [6, 6.07) is 13.9. The molecule has 1 fully saturated rings. The fourth-order valence-corrected chi connectivity index (χ4v) is 2.26. The second kappa shape index (κ2) is 5.24. The average molecular weight is 274 g/mol. The molecular weight excluding hydrogens is 258 g/mol. The Morgan fingerprint density at radius 1 is 1.11 bits per heavy atom. The molecule has 2 nitrogen and oxygen atoms in total. The summed E-state index contributed by atoms with van der Waals surface area (Å²) in [5, 5.41) is 0.727. The number of benzene rings is 2. The predicted octanol–water partition coefficient (Wildman–Crippen LogP) is 4.01. The molecule has 19 heavy (non-hydrogen) atoms. The highest BCUT2D eigenvalue weighted by molar-refractivity contribution is 6.30. The van der Waals surface area contributed by atoms with Crippen LogP contribution in [0.15, 0.2) is 42.5 Å². The monoisotopic (exact) mass is 273 g/mol.